The van der Waals surface area contributed by atoms with Gasteiger partial charge in [-0.25, -0.2) is 4.79 Å². The van der Waals surface area contributed by atoms with Crippen molar-refractivity contribution in [2.45, 2.75) is 92.9 Å². The van der Waals surface area contributed by atoms with Crippen LogP contribution < -0.4 is 9.47 Å². The highest BCUT2D eigenvalue weighted by molar-refractivity contribution is 6.06. The Kier molecular flexibility index (Phi) is 9.47. The van der Waals surface area contributed by atoms with E-state index in [-0.39, 0.29) is 45.8 Å². The van der Waals surface area contributed by atoms with Crippen LogP contribution in [-0.2, 0) is 23.9 Å². The molecule has 274 valence electrons. The molecule has 0 aliphatic heterocycles. The van der Waals surface area contributed by atoms with Gasteiger partial charge in [0.2, 0.25) is 5.78 Å². The summed E-state index contributed by atoms with van der Waals surface area (Å²) >= 11 is 0. The van der Waals surface area contributed by atoms with Crippen LogP contribution >= 0.6 is 0 Å². The normalized spacial score (nSPS) is 34.2. The molecule has 1 aromatic carbocycles. The van der Waals surface area contributed by atoms with Crippen LogP contribution in [-0.4, -0.2) is 50.3 Å². The molecular weight excluding hydrogens is 644 g/mol. The number of hydrogen-bond acceptors (Lipinski definition) is 8. The Hall–Kier alpha value is -4.07. The fourth-order valence-electron chi connectivity index (χ4n) is 10.4. The first-order valence-electron chi connectivity index (χ1n) is 18.4. The fourth-order valence-corrected chi connectivity index (χ4v) is 10.4. The van der Waals surface area contributed by atoms with E-state index in [9.17, 15) is 19.5 Å². The Morgan fingerprint density at radius 3 is 2.41 bits per heavy atom. The molecular formula is C43H54O8. The molecule has 0 bridgehead atoms. The maximum absolute atomic E-state index is 13.9. The van der Waals surface area contributed by atoms with Gasteiger partial charge in [-0.05, 0) is 122 Å². The molecule has 0 unspecified atom stereocenters. The quantitative estimate of drug-likeness (QED) is 0.155. The molecule has 0 radical (unpaired) electrons. The molecule has 0 saturated heterocycles. The molecule has 51 heavy (non-hydrogen) atoms. The van der Waals surface area contributed by atoms with Crippen molar-refractivity contribution < 1.29 is 38.4 Å². The van der Waals surface area contributed by atoms with E-state index >= 15 is 0 Å². The second-order valence-electron chi connectivity index (χ2n) is 16.7. The van der Waals surface area contributed by atoms with E-state index in [0.717, 1.165) is 61.7 Å². The third-order valence-corrected chi connectivity index (χ3v) is 13.9. The molecule has 1 aromatic rings. The number of benzene rings is 1. The summed E-state index contributed by atoms with van der Waals surface area (Å²) in [4.78, 5) is 38.1. The molecule has 0 spiro atoms. The number of aliphatic hydroxyl groups is 1. The Bertz CT molecular complexity index is 1790. The smallest absolute Gasteiger partial charge is 0.330 e. The number of ether oxygens (including phenoxy) is 4. The molecule has 3 saturated carbocycles. The SMILES string of the molecule is COC(=O)/C=C/c1ccc(OCCCOC(=O)[C@]2(C)CC[C@]3(C)CC[C@]4(C)C5=CC=C6C(=CC(=O)C(O)=C6C)[C@]5(C)CC[C@@]4(C)[C@@H]3C2)c(OC)c1. The number of methoxy groups -OCH3 is 2. The zero-order chi connectivity index (χ0) is 37.0. The van der Waals surface area contributed by atoms with Crippen molar-refractivity contribution in [2.75, 3.05) is 27.4 Å². The average molecular weight is 699 g/mol. The standard InChI is InChI=1S/C43H54O8/c1-27-29-12-14-34-41(4,30(29)25-31(44)37(27)46)19-21-43(6)35-26-40(3,17-16-39(35,2)18-20-42(34,43)5)38(47)51-23-9-22-50-32-13-10-28(24-33(32)48-7)11-15-36(45)49-8/h10-15,24-25,35,46H,9,16-23,26H2,1-8H3/b15-11+/t35-,39-,40-,41+,42-,43+/m1/s1. The minimum Gasteiger partial charge on any atom is -0.504 e. The van der Waals surface area contributed by atoms with Gasteiger partial charge in [0, 0.05) is 23.5 Å². The molecule has 5 aliphatic carbocycles. The van der Waals surface area contributed by atoms with Gasteiger partial charge in [-0.15, -0.1) is 0 Å². The number of aliphatic hydroxyl groups excluding tert-OH is 1. The van der Waals surface area contributed by atoms with Gasteiger partial charge >= 0.3 is 11.9 Å². The first kappa shape index (κ1) is 36.7. The van der Waals surface area contributed by atoms with Crippen LogP contribution in [0.5, 0.6) is 11.5 Å². The lowest BCUT2D eigenvalue weighted by Gasteiger charge is -2.70. The lowest BCUT2D eigenvalue weighted by Crippen LogP contribution is -2.62. The average Bonchev–Trinajstić information content (AvgIpc) is 3.11. The number of allylic oxidation sites excluding steroid dienone is 7. The molecule has 0 aromatic heterocycles. The van der Waals surface area contributed by atoms with E-state index in [0.29, 0.717) is 36.0 Å². The van der Waals surface area contributed by atoms with Crippen molar-refractivity contribution >= 4 is 23.8 Å². The zero-order valence-electron chi connectivity index (χ0n) is 31.6. The minimum absolute atomic E-state index is 0.0392. The van der Waals surface area contributed by atoms with Crippen LogP contribution in [0.15, 0.2) is 70.6 Å². The van der Waals surface area contributed by atoms with E-state index in [1.54, 1.807) is 31.4 Å². The van der Waals surface area contributed by atoms with Crippen molar-refractivity contribution in [3.8, 4) is 11.5 Å². The number of rotatable bonds is 9. The van der Waals surface area contributed by atoms with E-state index in [2.05, 4.69) is 51.5 Å². The van der Waals surface area contributed by atoms with Gasteiger partial charge in [0.25, 0.3) is 0 Å². The predicted octanol–water partition coefficient (Wildman–Crippen LogP) is 8.82. The highest BCUT2D eigenvalue weighted by atomic mass is 16.5. The molecule has 0 heterocycles. The van der Waals surface area contributed by atoms with Crippen molar-refractivity contribution in [1.82, 2.24) is 0 Å². The number of carbonyl (C=O) groups is 3. The molecule has 3 fully saturated rings. The third kappa shape index (κ3) is 5.96. The topological polar surface area (TPSA) is 108 Å². The van der Waals surface area contributed by atoms with Gasteiger partial charge < -0.3 is 24.1 Å². The first-order chi connectivity index (χ1) is 24.0. The Balaban J connectivity index is 1.13. The van der Waals surface area contributed by atoms with Crippen molar-refractivity contribution in [1.29, 1.82) is 0 Å². The summed E-state index contributed by atoms with van der Waals surface area (Å²) in [6.07, 6.45) is 16.3. The van der Waals surface area contributed by atoms with Crippen LogP contribution in [0.2, 0.25) is 0 Å². The highest BCUT2D eigenvalue weighted by Crippen LogP contribution is 2.75. The number of hydrogen-bond donors (Lipinski definition) is 1. The largest absolute Gasteiger partial charge is 0.504 e. The van der Waals surface area contributed by atoms with Gasteiger partial charge in [0.05, 0.1) is 32.8 Å². The summed E-state index contributed by atoms with van der Waals surface area (Å²) in [5.41, 5.74) is 3.99. The Morgan fingerprint density at radius 1 is 0.941 bits per heavy atom. The van der Waals surface area contributed by atoms with Crippen molar-refractivity contribution in [2.24, 2.45) is 33.0 Å². The first-order valence-corrected chi connectivity index (χ1v) is 18.4. The molecule has 8 nitrogen and oxygen atoms in total. The summed E-state index contributed by atoms with van der Waals surface area (Å²) in [5.74, 6) is 0.440. The lowest BCUT2D eigenvalue weighted by atomic mass is 9.34. The second kappa shape index (κ2) is 13.2. The number of ketones is 1. The number of carbonyl (C=O) groups excluding carboxylic acids is 3. The third-order valence-electron chi connectivity index (χ3n) is 13.9. The fraction of sp³-hybridized carbons (Fsp3) is 0.558. The summed E-state index contributed by atoms with van der Waals surface area (Å²) in [5, 5.41) is 10.4. The van der Waals surface area contributed by atoms with Crippen LogP contribution in [0.25, 0.3) is 6.08 Å². The second-order valence-corrected chi connectivity index (χ2v) is 16.7. The predicted molar refractivity (Wildman–Crippen MR) is 196 cm³/mol. The van der Waals surface area contributed by atoms with Crippen molar-refractivity contribution in [3.63, 3.8) is 0 Å². The maximum Gasteiger partial charge on any atom is 0.330 e. The molecule has 6 atom stereocenters. The monoisotopic (exact) mass is 698 g/mol. The number of esters is 2. The summed E-state index contributed by atoms with van der Waals surface area (Å²) in [6, 6.07) is 5.41. The summed E-state index contributed by atoms with van der Waals surface area (Å²) < 4.78 is 22.1. The molecule has 8 heteroatoms. The van der Waals surface area contributed by atoms with Gasteiger partial charge in [-0.2, -0.15) is 0 Å². The van der Waals surface area contributed by atoms with Crippen molar-refractivity contribution in [3.05, 3.63) is 76.1 Å². The molecule has 1 N–H and O–H groups in total. The molecule has 5 aliphatic rings. The number of fused-ring (bicyclic) bond motifs is 7. The van der Waals surface area contributed by atoms with E-state index in [1.165, 1.54) is 18.8 Å². The van der Waals surface area contributed by atoms with Crippen LogP contribution in [0.1, 0.15) is 98.5 Å². The van der Waals surface area contributed by atoms with E-state index in [1.807, 2.05) is 13.0 Å². The van der Waals surface area contributed by atoms with Gasteiger partial charge in [0.15, 0.2) is 17.3 Å². The molecule has 6 rings (SSSR count). The van der Waals surface area contributed by atoms with Crippen LogP contribution in [0, 0.1) is 33.0 Å². The maximum atomic E-state index is 13.9. The Labute approximate surface area is 302 Å². The summed E-state index contributed by atoms with van der Waals surface area (Å²) in [7, 11) is 2.90. The van der Waals surface area contributed by atoms with Gasteiger partial charge in [-0.3, -0.25) is 9.59 Å². The Morgan fingerprint density at radius 2 is 1.69 bits per heavy atom. The molecule has 0 amide bonds. The highest BCUT2D eigenvalue weighted by Gasteiger charge is 2.67. The zero-order valence-corrected chi connectivity index (χ0v) is 31.6. The van der Waals surface area contributed by atoms with E-state index < -0.39 is 11.4 Å². The van der Waals surface area contributed by atoms with Gasteiger partial charge in [0.1, 0.15) is 0 Å². The van der Waals surface area contributed by atoms with Crippen LogP contribution in [0.3, 0.4) is 0 Å². The summed E-state index contributed by atoms with van der Waals surface area (Å²) in [6.45, 7) is 14.2. The van der Waals surface area contributed by atoms with Gasteiger partial charge in [-0.1, -0.05) is 51.5 Å². The van der Waals surface area contributed by atoms with E-state index in [4.69, 9.17) is 14.2 Å². The lowest BCUT2D eigenvalue weighted by molar-refractivity contribution is -0.182. The van der Waals surface area contributed by atoms with Crippen LogP contribution in [0.4, 0.5) is 0 Å². The minimum atomic E-state index is -0.574.